The average molecular weight is 235 g/mol. The van der Waals surface area contributed by atoms with Crippen LogP contribution in [-0.4, -0.2) is 36.7 Å². The van der Waals surface area contributed by atoms with Gasteiger partial charge in [-0.05, 0) is 13.3 Å². The fourth-order valence-electron chi connectivity index (χ4n) is 1.43. The number of H-pyrrole nitrogens is 1. The van der Waals surface area contributed by atoms with Crippen LogP contribution in [0.3, 0.4) is 0 Å². The third-order valence-corrected chi connectivity index (χ3v) is 2.48. The number of aliphatic hydroxyl groups is 1. The Morgan fingerprint density at radius 1 is 1.59 bits per heavy atom. The van der Waals surface area contributed by atoms with Crippen LogP contribution in [0.5, 0.6) is 0 Å². The molecule has 7 nitrogen and oxygen atoms in total. The molecule has 0 aliphatic carbocycles. The van der Waals surface area contributed by atoms with Crippen LogP contribution in [-0.2, 0) is 0 Å². The molecule has 2 aromatic heterocycles. The van der Waals surface area contributed by atoms with Gasteiger partial charge < -0.3 is 10.1 Å². The highest BCUT2D eigenvalue weighted by molar-refractivity contribution is 5.54. The van der Waals surface area contributed by atoms with E-state index in [0.717, 1.165) is 0 Å². The molecule has 2 aromatic rings. The molecule has 17 heavy (non-hydrogen) atoms. The van der Waals surface area contributed by atoms with Crippen LogP contribution in [0.25, 0.3) is 11.3 Å². The highest BCUT2D eigenvalue weighted by Crippen LogP contribution is 2.15. The first-order chi connectivity index (χ1) is 8.20. The van der Waals surface area contributed by atoms with Crippen molar-refractivity contribution in [2.45, 2.75) is 19.4 Å². The van der Waals surface area contributed by atoms with Crippen molar-refractivity contribution in [2.24, 2.45) is 0 Å². The Kier molecular flexibility index (Phi) is 3.29. The Morgan fingerprint density at radius 3 is 3.06 bits per heavy atom. The maximum Gasteiger partial charge on any atom is 0.344 e. The third kappa shape index (κ3) is 2.56. The standard InChI is InChI=1S/C10H13N5O2/c1-7(2-3-16)15-6-9(13-14-15)8-4-11-10(17)12-5-8/h4-7,16H,2-3H2,1H3,(H,11,12,17). The second-order valence-electron chi connectivity index (χ2n) is 3.75. The van der Waals surface area contributed by atoms with Crippen LogP contribution in [0.4, 0.5) is 0 Å². The van der Waals surface area contributed by atoms with Gasteiger partial charge in [-0.25, -0.2) is 14.5 Å². The molecule has 0 aromatic carbocycles. The van der Waals surface area contributed by atoms with Crippen molar-refractivity contribution < 1.29 is 5.11 Å². The molecule has 0 spiro atoms. The zero-order valence-corrected chi connectivity index (χ0v) is 9.37. The highest BCUT2D eigenvalue weighted by atomic mass is 16.3. The highest BCUT2D eigenvalue weighted by Gasteiger charge is 2.09. The maximum absolute atomic E-state index is 10.8. The minimum absolute atomic E-state index is 0.0805. The van der Waals surface area contributed by atoms with Gasteiger partial charge in [-0.15, -0.1) is 5.10 Å². The van der Waals surface area contributed by atoms with Gasteiger partial charge in [0.05, 0.1) is 12.2 Å². The van der Waals surface area contributed by atoms with E-state index in [2.05, 4.69) is 20.3 Å². The van der Waals surface area contributed by atoms with Crippen molar-refractivity contribution in [3.8, 4) is 11.3 Å². The Hall–Kier alpha value is -2.02. The van der Waals surface area contributed by atoms with Crippen molar-refractivity contribution in [1.29, 1.82) is 0 Å². The first-order valence-electron chi connectivity index (χ1n) is 5.28. The number of rotatable bonds is 4. The molecule has 1 atom stereocenters. The van der Waals surface area contributed by atoms with Crippen molar-refractivity contribution in [3.63, 3.8) is 0 Å². The lowest BCUT2D eigenvalue weighted by Crippen LogP contribution is -2.08. The molecule has 0 bridgehead atoms. The summed E-state index contributed by atoms with van der Waals surface area (Å²) < 4.78 is 1.68. The number of aromatic nitrogens is 5. The number of nitrogens with one attached hydrogen (secondary N) is 1. The molecular weight excluding hydrogens is 222 g/mol. The third-order valence-electron chi connectivity index (χ3n) is 2.48. The molecule has 2 heterocycles. The molecule has 0 aliphatic rings. The van der Waals surface area contributed by atoms with Gasteiger partial charge >= 0.3 is 5.69 Å². The summed E-state index contributed by atoms with van der Waals surface area (Å²) in [5.74, 6) is 0. The fourth-order valence-corrected chi connectivity index (χ4v) is 1.43. The zero-order chi connectivity index (χ0) is 12.3. The van der Waals surface area contributed by atoms with Crippen LogP contribution < -0.4 is 5.69 Å². The largest absolute Gasteiger partial charge is 0.396 e. The van der Waals surface area contributed by atoms with Crippen LogP contribution in [0.2, 0.25) is 0 Å². The summed E-state index contributed by atoms with van der Waals surface area (Å²) in [5.41, 5.74) is 0.945. The van der Waals surface area contributed by atoms with Gasteiger partial charge in [-0.1, -0.05) is 5.21 Å². The Balaban J connectivity index is 2.23. The molecule has 0 saturated heterocycles. The number of nitrogens with zero attached hydrogens (tertiary/aromatic N) is 4. The minimum Gasteiger partial charge on any atom is -0.396 e. The van der Waals surface area contributed by atoms with Gasteiger partial charge in [-0.2, -0.15) is 0 Å². The van der Waals surface area contributed by atoms with E-state index in [9.17, 15) is 4.79 Å². The Morgan fingerprint density at radius 2 is 2.41 bits per heavy atom. The summed E-state index contributed by atoms with van der Waals surface area (Å²) >= 11 is 0. The predicted molar refractivity (Wildman–Crippen MR) is 60.3 cm³/mol. The van der Waals surface area contributed by atoms with E-state index < -0.39 is 5.69 Å². The minimum atomic E-state index is -0.394. The Labute approximate surface area is 97.1 Å². The second-order valence-corrected chi connectivity index (χ2v) is 3.75. The lowest BCUT2D eigenvalue weighted by atomic mass is 10.2. The van der Waals surface area contributed by atoms with E-state index in [1.54, 1.807) is 17.1 Å². The first kappa shape index (κ1) is 11.5. The Bertz CT molecular complexity index is 527. The average Bonchev–Trinajstić information content (AvgIpc) is 2.80. The normalized spacial score (nSPS) is 12.6. The summed E-state index contributed by atoms with van der Waals surface area (Å²) in [5, 5.41) is 16.8. The van der Waals surface area contributed by atoms with Gasteiger partial charge in [-0.3, -0.25) is 0 Å². The molecule has 2 N–H and O–H groups in total. The summed E-state index contributed by atoms with van der Waals surface area (Å²) in [6, 6.07) is 0.0805. The quantitative estimate of drug-likeness (QED) is 0.775. The van der Waals surface area contributed by atoms with E-state index in [4.69, 9.17) is 5.11 Å². The molecule has 7 heteroatoms. The van der Waals surface area contributed by atoms with E-state index >= 15 is 0 Å². The maximum atomic E-state index is 10.8. The number of hydrogen-bond donors (Lipinski definition) is 2. The van der Waals surface area contributed by atoms with Gasteiger partial charge in [0, 0.05) is 24.6 Å². The molecular formula is C10H13N5O2. The molecule has 1 unspecified atom stereocenters. The summed E-state index contributed by atoms with van der Waals surface area (Å²) in [6.45, 7) is 2.05. The SMILES string of the molecule is CC(CCO)n1cc(-c2cnc(=O)[nH]c2)nn1. The van der Waals surface area contributed by atoms with Crippen molar-refractivity contribution in [2.75, 3.05) is 6.61 Å². The number of hydrogen-bond acceptors (Lipinski definition) is 5. The number of aromatic amines is 1. The van der Waals surface area contributed by atoms with Crippen LogP contribution in [0.1, 0.15) is 19.4 Å². The molecule has 90 valence electrons. The van der Waals surface area contributed by atoms with Crippen molar-refractivity contribution in [1.82, 2.24) is 25.0 Å². The predicted octanol–water partition coefficient (Wildman–Crippen LogP) is -0.0282. The summed E-state index contributed by atoms with van der Waals surface area (Å²) in [7, 11) is 0. The first-order valence-corrected chi connectivity index (χ1v) is 5.28. The van der Waals surface area contributed by atoms with Crippen LogP contribution >= 0.6 is 0 Å². The zero-order valence-electron chi connectivity index (χ0n) is 9.37. The van der Waals surface area contributed by atoms with E-state index in [1.807, 2.05) is 6.92 Å². The van der Waals surface area contributed by atoms with Gasteiger partial charge in [0.2, 0.25) is 0 Å². The lowest BCUT2D eigenvalue weighted by molar-refractivity contribution is 0.256. The molecule has 0 fully saturated rings. The fraction of sp³-hybridized carbons (Fsp3) is 0.400. The van der Waals surface area contributed by atoms with Gasteiger partial charge in [0.15, 0.2) is 0 Å². The second kappa shape index (κ2) is 4.88. The molecule has 0 saturated carbocycles. The lowest BCUT2D eigenvalue weighted by Gasteiger charge is -2.07. The monoisotopic (exact) mass is 235 g/mol. The topological polar surface area (TPSA) is 96.7 Å². The smallest absolute Gasteiger partial charge is 0.344 e. The van der Waals surface area contributed by atoms with Gasteiger partial charge in [0.1, 0.15) is 5.69 Å². The van der Waals surface area contributed by atoms with Crippen molar-refractivity contribution in [3.05, 3.63) is 29.1 Å². The van der Waals surface area contributed by atoms with Crippen molar-refractivity contribution >= 4 is 0 Å². The van der Waals surface area contributed by atoms with E-state index in [1.165, 1.54) is 6.20 Å². The number of aliphatic hydroxyl groups excluding tert-OH is 1. The summed E-state index contributed by atoms with van der Waals surface area (Å²) in [6.07, 6.45) is 5.37. The van der Waals surface area contributed by atoms with Crippen LogP contribution in [0, 0.1) is 0 Å². The van der Waals surface area contributed by atoms with Crippen LogP contribution in [0.15, 0.2) is 23.4 Å². The van der Waals surface area contributed by atoms with Gasteiger partial charge in [0.25, 0.3) is 0 Å². The van der Waals surface area contributed by atoms with E-state index in [0.29, 0.717) is 17.7 Å². The molecule has 2 rings (SSSR count). The van der Waals surface area contributed by atoms with E-state index in [-0.39, 0.29) is 12.6 Å². The molecule has 0 amide bonds. The molecule has 0 aliphatic heterocycles. The summed E-state index contributed by atoms with van der Waals surface area (Å²) in [4.78, 5) is 16.9. The molecule has 0 radical (unpaired) electrons.